The fraction of sp³-hybridized carbons (Fsp3) is 0.500. The van der Waals surface area contributed by atoms with E-state index in [9.17, 15) is 12.8 Å². The molecule has 5 nitrogen and oxygen atoms in total. The number of halogens is 3. The Morgan fingerprint density at radius 1 is 1.48 bits per heavy atom. The van der Waals surface area contributed by atoms with Gasteiger partial charge in [-0.25, -0.2) is 17.5 Å². The number of anilines is 1. The number of ether oxygens (including phenoxy) is 1. The van der Waals surface area contributed by atoms with Crippen molar-refractivity contribution in [2.45, 2.75) is 30.2 Å². The van der Waals surface area contributed by atoms with Gasteiger partial charge in [0.2, 0.25) is 10.0 Å². The van der Waals surface area contributed by atoms with E-state index in [0.717, 1.165) is 6.07 Å². The second-order valence-electron chi connectivity index (χ2n) is 5.18. The molecule has 21 heavy (non-hydrogen) atoms. The summed E-state index contributed by atoms with van der Waals surface area (Å²) in [6.45, 7) is 2.66. The van der Waals surface area contributed by atoms with Crippen LogP contribution in [0.2, 0.25) is 5.02 Å². The number of hydrogen-bond acceptors (Lipinski definition) is 4. The van der Waals surface area contributed by atoms with E-state index < -0.39 is 26.3 Å². The minimum Gasteiger partial charge on any atom is -0.395 e. The van der Waals surface area contributed by atoms with Crippen molar-refractivity contribution in [2.24, 2.45) is 0 Å². The van der Waals surface area contributed by atoms with Crippen LogP contribution < -0.4 is 10.5 Å². The van der Waals surface area contributed by atoms with E-state index in [1.54, 1.807) is 6.92 Å². The Hall–Kier alpha value is -0.410. The van der Waals surface area contributed by atoms with Gasteiger partial charge < -0.3 is 10.5 Å². The first-order valence-electron chi connectivity index (χ1n) is 6.21. The van der Waals surface area contributed by atoms with Crippen molar-refractivity contribution in [1.29, 1.82) is 0 Å². The van der Waals surface area contributed by atoms with E-state index in [0.29, 0.717) is 26.1 Å². The summed E-state index contributed by atoms with van der Waals surface area (Å²) >= 11 is 8.88. The molecular formula is C12H15BrClFN2O3S. The second kappa shape index (κ2) is 6.00. The molecule has 1 heterocycles. The van der Waals surface area contributed by atoms with Gasteiger partial charge in [0.05, 0.1) is 15.2 Å². The molecule has 0 saturated carbocycles. The lowest BCUT2D eigenvalue weighted by Crippen LogP contribution is -2.49. The Bertz CT molecular complexity index is 663. The molecule has 1 aromatic carbocycles. The first-order valence-corrected chi connectivity index (χ1v) is 8.86. The predicted octanol–water partition coefficient (Wildman–Crippen LogP) is 2.67. The maximum atomic E-state index is 14.2. The Morgan fingerprint density at radius 2 is 2.05 bits per heavy atom. The summed E-state index contributed by atoms with van der Waals surface area (Å²) in [6.07, 6.45) is 1.02. The largest absolute Gasteiger partial charge is 0.395 e. The standard InChI is InChI=1S/C12H15BrClFN2O3S/c1-12(2-4-20-5-3-12)17-21(18,19)8-6-7(14)9(13)11(16)10(8)15/h6,17H,2-5,16H2,1H3. The first kappa shape index (κ1) is 17.0. The summed E-state index contributed by atoms with van der Waals surface area (Å²) in [5.74, 6) is -1.02. The number of nitrogens with one attached hydrogen (secondary N) is 1. The molecule has 2 rings (SSSR count). The van der Waals surface area contributed by atoms with E-state index in [1.807, 2.05) is 0 Å². The normalized spacial score (nSPS) is 18.7. The van der Waals surface area contributed by atoms with Crippen LogP contribution in [-0.4, -0.2) is 27.2 Å². The van der Waals surface area contributed by atoms with Crippen LogP contribution in [0.4, 0.5) is 10.1 Å². The van der Waals surface area contributed by atoms with Crippen molar-refractivity contribution >= 4 is 43.2 Å². The molecule has 0 spiro atoms. The SMILES string of the molecule is CC1(NS(=O)(=O)c2cc(Cl)c(Br)c(N)c2F)CCOCC1. The maximum absolute atomic E-state index is 14.2. The van der Waals surface area contributed by atoms with E-state index >= 15 is 0 Å². The van der Waals surface area contributed by atoms with Gasteiger partial charge in [0.1, 0.15) is 4.90 Å². The molecule has 1 aromatic rings. The molecule has 1 aliphatic heterocycles. The predicted molar refractivity (Wildman–Crippen MR) is 82.3 cm³/mol. The van der Waals surface area contributed by atoms with E-state index in [2.05, 4.69) is 20.7 Å². The Kier molecular flexibility index (Phi) is 4.84. The highest BCUT2D eigenvalue weighted by Gasteiger charge is 2.34. The number of nitrogens with two attached hydrogens (primary N) is 1. The van der Waals surface area contributed by atoms with Gasteiger partial charge in [-0.15, -0.1) is 0 Å². The zero-order valence-electron chi connectivity index (χ0n) is 11.3. The molecule has 0 atom stereocenters. The van der Waals surface area contributed by atoms with E-state index in [4.69, 9.17) is 22.1 Å². The van der Waals surface area contributed by atoms with Crippen molar-refractivity contribution in [2.75, 3.05) is 18.9 Å². The molecule has 0 aromatic heterocycles. The highest BCUT2D eigenvalue weighted by molar-refractivity contribution is 9.10. The molecule has 118 valence electrons. The topological polar surface area (TPSA) is 81.4 Å². The molecule has 1 aliphatic rings. The maximum Gasteiger partial charge on any atom is 0.244 e. The lowest BCUT2D eigenvalue weighted by Gasteiger charge is -2.34. The smallest absolute Gasteiger partial charge is 0.244 e. The van der Waals surface area contributed by atoms with Crippen LogP contribution in [0.25, 0.3) is 0 Å². The Labute approximate surface area is 136 Å². The lowest BCUT2D eigenvalue weighted by molar-refractivity contribution is 0.0537. The van der Waals surface area contributed by atoms with Gasteiger partial charge in [-0.05, 0) is 41.8 Å². The van der Waals surface area contributed by atoms with Crippen molar-refractivity contribution in [3.63, 3.8) is 0 Å². The Balaban J connectivity index is 2.40. The molecule has 1 fully saturated rings. The van der Waals surface area contributed by atoms with Gasteiger partial charge in [0.25, 0.3) is 0 Å². The molecule has 0 amide bonds. The van der Waals surface area contributed by atoms with Gasteiger partial charge in [0.15, 0.2) is 5.82 Å². The minimum atomic E-state index is -4.08. The van der Waals surface area contributed by atoms with Crippen LogP contribution in [-0.2, 0) is 14.8 Å². The van der Waals surface area contributed by atoms with Gasteiger partial charge in [0, 0.05) is 18.8 Å². The quantitative estimate of drug-likeness (QED) is 0.603. The van der Waals surface area contributed by atoms with Crippen LogP contribution in [0, 0.1) is 5.82 Å². The summed E-state index contributed by atoms with van der Waals surface area (Å²) < 4.78 is 46.9. The van der Waals surface area contributed by atoms with Crippen LogP contribution in [0.15, 0.2) is 15.4 Å². The molecule has 9 heteroatoms. The molecule has 0 bridgehead atoms. The van der Waals surface area contributed by atoms with Crippen molar-refractivity contribution < 1.29 is 17.5 Å². The number of rotatable bonds is 3. The number of benzene rings is 1. The van der Waals surface area contributed by atoms with Crippen LogP contribution in [0.1, 0.15) is 19.8 Å². The highest BCUT2D eigenvalue weighted by Crippen LogP contribution is 2.35. The van der Waals surface area contributed by atoms with Gasteiger partial charge in [-0.3, -0.25) is 0 Å². The van der Waals surface area contributed by atoms with Crippen LogP contribution >= 0.6 is 27.5 Å². The summed E-state index contributed by atoms with van der Waals surface area (Å²) in [7, 11) is -4.08. The molecular weight excluding hydrogens is 387 g/mol. The molecule has 0 aliphatic carbocycles. The van der Waals surface area contributed by atoms with Gasteiger partial charge in [-0.2, -0.15) is 0 Å². The van der Waals surface area contributed by atoms with Crippen molar-refractivity contribution in [1.82, 2.24) is 4.72 Å². The fourth-order valence-electron chi connectivity index (χ4n) is 2.10. The Morgan fingerprint density at radius 3 is 2.62 bits per heavy atom. The molecule has 3 N–H and O–H groups in total. The average molecular weight is 402 g/mol. The molecule has 0 radical (unpaired) electrons. The third-order valence-corrected chi connectivity index (χ3v) is 6.44. The van der Waals surface area contributed by atoms with Gasteiger partial charge in [-0.1, -0.05) is 11.6 Å². The van der Waals surface area contributed by atoms with E-state index in [-0.39, 0.29) is 15.2 Å². The zero-order chi connectivity index (χ0) is 15.8. The summed E-state index contributed by atoms with van der Waals surface area (Å²) in [4.78, 5) is -0.555. The molecule has 1 saturated heterocycles. The third-order valence-electron chi connectivity index (χ3n) is 3.42. The summed E-state index contributed by atoms with van der Waals surface area (Å²) in [5.41, 5.74) is 4.51. The monoisotopic (exact) mass is 400 g/mol. The van der Waals surface area contributed by atoms with Crippen molar-refractivity contribution in [3.05, 3.63) is 21.4 Å². The molecule has 0 unspecified atom stereocenters. The fourth-order valence-corrected chi connectivity index (χ4v) is 4.24. The second-order valence-corrected chi connectivity index (χ2v) is 8.03. The lowest BCUT2D eigenvalue weighted by atomic mass is 9.94. The van der Waals surface area contributed by atoms with E-state index in [1.165, 1.54) is 0 Å². The van der Waals surface area contributed by atoms with Crippen LogP contribution in [0.5, 0.6) is 0 Å². The number of hydrogen-bond donors (Lipinski definition) is 2. The van der Waals surface area contributed by atoms with Crippen molar-refractivity contribution in [3.8, 4) is 0 Å². The minimum absolute atomic E-state index is 0.0337. The summed E-state index contributed by atoms with van der Waals surface area (Å²) in [5, 5.41) is 0.0337. The van der Waals surface area contributed by atoms with Gasteiger partial charge >= 0.3 is 0 Å². The number of nitrogen functional groups attached to an aromatic ring is 1. The number of sulfonamides is 1. The highest BCUT2D eigenvalue weighted by atomic mass is 79.9. The summed E-state index contributed by atoms with van der Waals surface area (Å²) in [6, 6.07) is 1.04. The average Bonchev–Trinajstić information content (AvgIpc) is 2.40. The first-order chi connectivity index (χ1) is 9.66. The van der Waals surface area contributed by atoms with Crippen LogP contribution in [0.3, 0.4) is 0 Å². The third kappa shape index (κ3) is 3.50. The zero-order valence-corrected chi connectivity index (χ0v) is 14.4.